The van der Waals surface area contributed by atoms with E-state index in [2.05, 4.69) is 9.72 Å². The highest BCUT2D eigenvalue weighted by Gasteiger charge is 2.13. The number of hydrogen-bond donors (Lipinski definition) is 2. The van der Waals surface area contributed by atoms with Crippen LogP contribution in [0.15, 0.2) is 24.7 Å². The summed E-state index contributed by atoms with van der Waals surface area (Å²) in [6.45, 7) is 4.00. The molecule has 0 atom stereocenters. The maximum absolute atomic E-state index is 13.5. The number of esters is 1. The summed E-state index contributed by atoms with van der Waals surface area (Å²) in [4.78, 5) is 14.7. The third-order valence-corrected chi connectivity index (χ3v) is 1.73. The Morgan fingerprint density at radius 2 is 2.17 bits per heavy atom. The van der Waals surface area contributed by atoms with Crippen molar-refractivity contribution >= 4 is 11.8 Å². The van der Waals surface area contributed by atoms with E-state index < -0.39 is 11.8 Å². The monoisotopic (exact) mass is 256 g/mol. The number of carbonyl (C=O) groups excluding carboxylic acids is 1. The summed E-state index contributed by atoms with van der Waals surface area (Å²) >= 11 is 0. The second-order valence-electron chi connectivity index (χ2n) is 2.77. The van der Waals surface area contributed by atoms with Crippen LogP contribution in [-0.4, -0.2) is 18.1 Å². The second kappa shape index (κ2) is 8.02. The molecule has 1 rings (SSSR count). The Hall–Kier alpha value is -2.15. The first-order valence-corrected chi connectivity index (χ1v) is 5.26. The Balaban J connectivity index is 0.00000137. The molecule has 0 bridgehead atoms. The number of rotatable bonds is 3. The maximum atomic E-state index is 13.5. The number of nitrogens with zero attached hydrogens (tertiary/aromatic N) is 2. The maximum Gasteiger partial charge on any atom is 0.339 e. The highest BCUT2D eigenvalue weighted by Crippen LogP contribution is 2.15. The zero-order valence-electron chi connectivity index (χ0n) is 10.6. The number of nitrogens with two attached hydrogens (primary N) is 2. The third kappa shape index (κ3) is 4.02. The van der Waals surface area contributed by atoms with Gasteiger partial charge in [-0.05, 0) is 6.07 Å². The van der Waals surface area contributed by atoms with Crippen molar-refractivity contribution < 1.29 is 13.9 Å². The smallest absolute Gasteiger partial charge is 0.339 e. The van der Waals surface area contributed by atoms with E-state index in [1.165, 1.54) is 13.3 Å². The standard InChI is InChI=1S/C9H11FN4O2.C2H6/c1-16-9(15)6-4-7(10)8(13-5-6)14(12)3-2-11;1-2/h2-5H,11-12H2,1H3;1-2H3/b3-2-;. The molecule has 100 valence electrons. The number of hydrogen-bond acceptors (Lipinski definition) is 6. The number of carbonyl (C=O) groups is 1. The number of ether oxygens (including phenoxy) is 1. The summed E-state index contributed by atoms with van der Waals surface area (Å²) in [5.41, 5.74) is 5.10. The van der Waals surface area contributed by atoms with Crippen molar-refractivity contribution in [2.45, 2.75) is 13.8 Å². The van der Waals surface area contributed by atoms with Gasteiger partial charge in [0, 0.05) is 18.6 Å². The molecule has 0 saturated heterocycles. The molecule has 0 amide bonds. The van der Waals surface area contributed by atoms with Crippen molar-refractivity contribution in [1.29, 1.82) is 0 Å². The molecule has 0 aliphatic rings. The van der Waals surface area contributed by atoms with Gasteiger partial charge in [0.15, 0.2) is 11.6 Å². The fraction of sp³-hybridized carbons (Fsp3) is 0.273. The minimum Gasteiger partial charge on any atom is -0.465 e. The first-order valence-electron chi connectivity index (χ1n) is 5.26. The molecule has 7 heteroatoms. The van der Waals surface area contributed by atoms with E-state index >= 15 is 0 Å². The summed E-state index contributed by atoms with van der Waals surface area (Å²) in [5.74, 6) is 3.85. The van der Waals surface area contributed by atoms with Gasteiger partial charge < -0.3 is 10.5 Å². The first-order chi connectivity index (χ1) is 8.60. The average molecular weight is 256 g/mol. The Labute approximate surface area is 105 Å². The van der Waals surface area contributed by atoms with Crippen molar-refractivity contribution in [1.82, 2.24) is 4.98 Å². The average Bonchev–Trinajstić information content (AvgIpc) is 2.40. The van der Waals surface area contributed by atoms with Gasteiger partial charge >= 0.3 is 5.97 Å². The number of aromatic nitrogens is 1. The van der Waals surface area contributed by atoms with Crippen LogP contribution in [0.4, 0.5) is 10.2 Å². The van der Waals surface area contributed by atoms with Crippen LogP contribution in [0.5, 0.6) is 0 Å². The van der Waals surface area contributed by atoms with Gasteiger partial charge in [0.1, 0.15) is 0 Å². The molecule has 0 aliphatic heterocycles. The molecule has 1 heterocycles. The van der Waals surface area contributed by atoms with Gasteiger partial charge in [-0.1, -0.05) is 13.8 Å². The van der Waals surface area contributed by atoms with E-state index in [4.69, 9.17) is 11.6 Å². The van der Waals surface area contributed by atoms with Crippen molar-refractivity contribution in [2.75, 3.05) is 12.1 Å². The van der Waals surface area contributed by atoms with E-state index in [1.807, 2.05) is 13.8 Å². The predicted molar refractivity (Wildman–Crippen MR) is 66.9 cm³/mol. The lowest BCUT2D eigenvalue weighted by Crippen LogP contribution is -2.26. The van der Waals surface area contributed by atoms with Gasteiger partial charge in [-0.25, -0.2) is 20.0 Å². The summed E-state index contributed by atoms with van der Waals surface area (Å²) in [5, 5.41) is 0.899. The van der Waals surface area contributed by atoms with Crippen molar-refractivity contribution in [2.24, 2.45) is 11.6 Å². The van der Waals surface area contributed by atoms with Crippen LogP contribution >= 0.6 is 0 Å². The van der Waals surface area contributed by atoms with E-state index in [0.717, 1.165) is 23.5 Å². The van der Waals surface area contributed by atoms with E-state index in [9.17, 15) is 9.18 Å². The fourth-order valence-electron chi connectivity index (χ4n) is 1.01. The van der Waals surface area contributed by atoms with Crippen LogP contribution in [0.25, 0.3) is 0 Å². The molecule has 0 unspecified atom stereocenters. The molecule has 1 aromatic heterocycles. The predicted octanol–water partition coefficient (Wildman–Crippen LogP) is 1.14. The molecule has 0 aromatic carbocycles. The molecule has 1 aromatic rings. The van der Waals surface area contributed by atoms with Crippen molar-refractivity contribution in [3.63, 3.8) is 0 Å². The number of pyridine rings is 1. The SMILES string of the molecule is CC.COC(=O)c1cnc(N(N)/C=C\N)c(F)c1. The van der Waals surface area contributed by atoms with Crippen LogP contribution in [0.2, 0.25) is 0 Å². The highest BCUT2D eigenvalue weighted by atomic mass is 19.1. The molecule has 0 spiro atoms. The van der Waals surface area contributed by atoms with Gasteiger partial charge in [0.2, 0.25) is 0 Å². The summed E-state index contributed by atoms with van der Waals surface area (Å²) in [7, 11) is 1.19. The number of anilines is 1. The Morgan fingerprint density at radius 3 is 2.61 bits per heavy atom. The van der Waals surface area contributed by atoms with Gasteiger partial charge in [0.05, 0.1) is 12.7 Å². The first kappa shape index (κ1) is 15.9. The quantitative estimate of drug-likeness (QED) is 0.478. The molecule has 0 radical (unpaired) electrons. The summed E-state index contributed by atoms with van der Waals surface area (Å²) in [6.07, 6.45) is 3.52. The zero-order valence-corrected chi connectivity index (χ0v) is 10.6. The van der Waals surface area contributed by atoms with Gasteiger partial charge in [-0.15, -0.1) is 0 Å². The minimum atomic E-state index is -0.747. The number of methoxy groups -OCH3 is 1. The fourth-order valence-corrected chi connectivity index (χ4v) is 1.01. The van der Waals surface area contributed by atoms with Gasteiger partial charge in [0.25, 0.3) is 0 Å². The Morgan fingerprint density at radius 1 is 1.56 bits per heavy atom. The Bertz CT molecular complexity index is 424. The topological polar surface area (TPSA) is 94.5 Å². The Kier molecular flexibility index (Phi) is 7.06. The number of halogens is 1. The van der Waals surface area contributed by atoms with Crippen molar-refractivity contribution in [3.05, 3.63) is 36.0 Å². The van der Waals surface area contributed by atoms with Crippen LogP contribution in [0.1, 0.15) is 24.2 Å². The molecule has 0 aliphatic carbocycles. The van der Waals surface area contributed by atoms with Crippen LogP contribution in [0.3, 0.4) is 0 Å². The summed E-state index contributed by atoms with van der Waals surface area (Å²) < 4.78 is 17.9. The summed E-state index contributed by atoms with van der Waals surface area (Å²) in [6, 6.07) is 0.985. The van der Waals surface area contributed by atoms with Crippen LogP contribution in [0, 0.1) is 5.82 Å². The lowest BCUT2D eigenvalue weighted by atomic mass is 10.3. The lowest BCUT2D eigenvalue weighted by molar-refractivity contribution is 0.0599. The molecule has 0 fully saturated rings. The normalized spacial score (nSPS) is 9.61. The minimum absolute atomic E-state index is 0.00822. The molecule has 4 N–H and O–H groups in total. The molecular formula is C11H17FN4O2. The zero-order chi connectivity index (χ0) is 14.1. The molecule has 18 heavy (non-hydrogen) atoms. The third-order valence-electron chi connectivity index (χ3n) is 1.73. The number of hydrazine groups is 1. The second-order valence-corrected chi connectivity index (χ2v) is 2.77. The van der Waals surface area contributed by atoms with Crippen molar-refractivity contribution in [3.8, 4) is 0 Å². The molecule has 6 nitrogen and oxygen atoms in total. The van der Waals surface area contributed by atoms with E-state index in [0.29, 0.717) is 0 Å². The van der Waals surface area contributed by atoms with Crippen LogP contribution in [-0.2, 0) is 4.74 Å². The van der Waals surface area contributed by atoms with E-state index in [-0.39, 0.29) is 11.4 Å². The van der Waals surface area contributed by atoms with Gasteiger partial charge in [-0.2, -0.15) is 0 Å². The molecule has 0 saturated carbocycles. The van der Waals surface area contributed by atoms with Gasteiger partial charge in [-0.3, -0.25) is 5.01 Å². The largest absolute Gasteiger partial charge is 0.465 e. The van der Waals surface area contributed by atoms with E-state index in [1.54, 1.807) is 0 Å². The van der Waals surface area contributed by atoms with Crippen LogP contribution < -0.4 is 16.6 Å². The highest BCUT2D eigenvalue weighted by molar-refractivity contribution is 5.89. The molecular weight excluding hydrogens is 239 g/mol. The lowest BCUT2D eigenvalue weighted by Gasteiger charge is -2.12.